The SMILES string of the molecule is CCCCCCCCCCCC=Cc1cccc(/C=C/C(=O)OC)c1. The van der Waals surface area contributed by atoms with Crippen LogP contribution in [0.25, 0.3) is 12.2 Å². The fourth-order valence-corrected chi connectivity index (χ4v) is 2.79. The summed E-state index contributed by atoms with van der Waals surface area (Å²) in [4.78, 5) is 11.1. The molecule has 2 nitrogen and oxygen atoms in total. The van der Waals surface area contributed by atoms with Crippen LogP contribution < -0.4 is 0 Å². The molecular weight excluding hydrogens is 308 g/mol. The van der Waals surface area contributed by atoms with Gasteiger partial charge >= 0.3 is 5.97 Å². The smallest absolute Gasteiger partial charge is 0.330 e. The van der Waals surface area contributed by atoms with E-state index < -0.39 is 0 Å². The Bertz CT molecular complexity index is 529. The average Bonchev–Trinajstić information content (AvgIpc) is 2.64. The average molecular weight is 343 g/mol. The van der Waals surface area contributed by atoms with Gasteiger partial charge < -0.3 is 4.74 Å². The highest BCUT2D eigenvalue weighted by molar-refractivity contribution is 5.87. The molecule has 0 saturated carbocycles. The van der Waals surface area contributed by atoms with E-state index in [1.165, 1.54) is 76.5 Å². The van der Waals surface area contributed by atoms with E-state index in [2.05, 4.69) is 35.9 Å². The lowest BCUT2D eigenvalue weighted by Crippen LogP contribution is -1.93. The van der Waals surface area contributed by atoms with Crippen LogP contribution in [0.3, 0.4) is 0 Å². The number of carbonyl (C=O) groups is 1. The molecule has 0 spiro atoms. The zero-order valence-electron chi connectivity index (χ0n) is 16.0. The van der Waals surface area contributed by atoms with Crippen molar-refractivity contribution in [2.24, 2.45) is 0 Å². The third kappa shape index (κ3) is 11.4. The van der Waals surface area contributed by atoms with Crippen molar-refractivity contribution in [2.45, 2.75) is 71.1 Å². The summed E-state index contributed by atoms with van der Waals surface area (Å²) in [5, 5.41) is 0. The van der Waals surface area contributed by atoms with E-state index in [1.54, 1.807) is 6.08 Å². The maximum Gasteiger partial charge on any atom is 0.330 e. The van der Waals surface area contributed by atoms with Gasteiger partial charge in [-0.1, -0.05) is 88.6 Å². The summed E-state index contributed by atoms with van der Waals surface area (Å²) in [5.74, 6) is -0.327. The fourth-order valence-electron chi connectivity index (χ4n) is 2.79. The van der Waals surface area contributed by atoms with Crippen molar-refractivity contribution in [2.75, 3.05) is 7.11 Å². The van der Waals surface area contributed by atoms with Gasteiger partial charge in [-0.3, -0.25) is 0 Å². The minimum atomic E-state index is -0.327. The second-order valence-corrected chi connectivity index (χ2v) is 6.55. The number of unbranched alkanes of at least 4 members (excludes halogenated alkanes) is 9. The van der Waals surface area contributed by atoms with Gasteiger partial charge in [0.1, 0.15) is 0 Å². The molecule has 1 aromatic rings. The Kier molecular flexibility index (Phi) is 12.3. The Labute approximate surface area is 154 Å². The van der Waals surface area contributed by atoms with Gasteiger partial charge in [-0.05, 0) is 36.1 Å². The number of ether oxygens (including phenoxy) is 1. The van der Waals surface area contributed by atoms with Crippen molar-refractivity contribution in [1.29, 1.82) is 0 Å². The molecule has 0 aromatic heterocycles. The van der Waals surface area contributed by atoms with Gasteiger partial charge in [0.2, 0.25) is 0 Å². The molecule has 0 heterocycles. The molecule has 138 valence electrons. The summed E-state index contributed by atoms with van der Waals surface area (Å²) in [6, 6.07) is 8.15. The Hall–Kier alpha value is -1.83. The van der Waals surface area contributed by atoms with E-state index >= 15 is 0 Å². The molecule has 0 saturated heterocycles. The summed E-state index contributed by atoms with van der Waals surface area (Å²) >= 11 is 0. The molecule has 0 N–H and O–H groups in total. The van der Waals surface area contributed by atoms with E-state index in [0.717, 1.165) is 12.0 Å². The van der Waals surface area contributed by atoms with Crippen LogP contribution in [-0.4, -0.2) is 13.1 Å². The third-order valence-corrected chi connectivity index (χ3v) is 4.31. The standard InChI is InChI=1S/C23H34O2/c1-3-4-5-6-7-8-9-10-11-12-13-15-21-16-14-17-22(20-21)18-19-23(24)25-2/h13-20H,3-12H2,1-2H3/b15-13?,19-18+. The number of hydrogen-bond donors (Lipinski definition) is 0. The van der Waals surface area contributed by atoms with Crippen molar-refractivity contribution >= 4 is 18.1 Å². The fraction of sp³-hybridized carbons (Fsp3) is 0.522. The van der Waals surface area contributed by atoms with Crippen LogP contribution in [0.2, 0.25) is 0 Å². The van der Waals surface area contributed by atoms with Crippen LogP contribution in [0, 0.1) is 0 Å². The molecule has 0 radical (unpaired) electrons. The first kappa shape index (κ1) is 21.2. The van der Waals surface area contributed by atoms with Crippen LogP contribution in [0.5, 0.6) is 0 Å². The first-order valence-electron chi connectivity index (χ1n) is 9.79. The Morgan fingerprint density at radius 1 is 0.920 bits per heavy atom. The lowest BCUT2D eigenvalue weighted by molar-refractivity contribution is -0.134. The van der Waals surface area contributed by atoms with Crippen molar-refractivity contribution < 1.29 is 9.53 Å². The second kappa shape index (κ2) is 14.5. The molecule has 0 aliphatic carbocycles. The summed E-state index contributed by atoms with van der Waals surface area (Å²) in [7, 11) is 1.39. The van der Waals surface area contributed by atoms with Gasteiger partial charge in [-0.25, -0.2) is 4.79 Å². The summed E-state index contributed by atoms with van der Waals surface area (Å²) in [6.45, 7) is 2.27. The lowest BCUT2D eigenvalue weighted by atomic mass is 10.1. The number of rotatable bonds is 13. The first-order valence-corrected chi connectivity index (χ1v) is 9.79. The number of carbonyl (C=O) groups excluding carboxylic acids is 1. The van der Waals surface area contributed by atoms with Crippen molar-refractivity contribution in [3.8, 4) is 0 Å². The third-order valence-electron chi connectivity index (χ3n) is 4.31. The molecule has 2 heteroatoms. The maximum atomic E-state index is 11.1. The van der Waals surface area contributed by atoms with Gasteiger partial charge in [0.25, 0.3) is 0 Å². The van der Waals surface area contributed by atoms with E-state index in [4.69, 9.17) is 0 Å². The molecule has 1 rings (SSSR count). The topological polar surface area (TPSA) is 26.3 Å². The molecule has 25 heavy (non-hydrogen) atoms. The van der Waals surface area contributed by atoms with Gasteiger partial charge in [0.15, 0.2) is 0 Å². The van der Waals surface area contributed by atoms with Gasteiger partial charge in [-0.2, -0.15) is 0 Å². The summed E-state index contributed by atoms with van der Waals surface area (Å²) in [5.41, 5.74) is 2.18. The molecule has 0 aliphatic heterocycles. The highest BCUT2D eigenvalue weighted by Crippen LogP contribution is 2.12. The minimum absolute atomic E-state index is 0.327. The predicted molar refractivity (Wildman–Crippen MR) is 108 cm³/mol. The quantitative estimate of drug-likeness (QED) is 0.224. The van der Waals surface area contributed by atoms with E-state index in [1.807, 2.05) is 12.1 Å². The largest absolute Gasteiger partial charge is 0.466 e. The monoisotopic (exact) mass is 342 g/mol. The van der Waals surface area contributed by atoms with Gasteiger partial charge in [0.05, 0.1) is 7.11 Å². The molecule has 0 bridgehead atoms. The van der Waals surface area contributed by atoms with Crippen molar-refractivity contribution in [3.05, 3.63) is 47.5 Å². The molecule has 0 aliphatic rings. The van der Waals surface area contributed by atoms with Crippen LogP contribution in [-0.2, 0) is 9.53 Å². The van der Waals surface area contributed by atoms with Crippen molar-refractivity contribution in [3.63, 3.8) is 0 Å². The molecule has 0 unspecified atom stereocenters. The number of methoxy groups -OCH3 is 1. The van der Waals surface area contributed by atoms with Gasteiger partial charge in [-0.15, -0.1) is 0 Å². The summed E-state index contributed by atoms with van der Waals surface area (Å²) in [6.07, 6.45) is 21.1. The van der Waals surface area contributed by atoms with Crippen LogP contribution in [0.15, 0.2) is 36.4 Å². The second-order valence-electron chi connectivity index (χ2n) is 6.55. The van der Waals surface area contributed by atoms with Crippen LogP contribution in [0.1, 0.15) is 82.3 Å². The molecule has 0 atom stereocenters. The predicted octanol–water partition coefficient (Wildman–Crippen LogP) is 6.81. The molecule has 1 aromatic carbocycles. The highest BCUT2D eigenvalue weighted by Gasteiger charge is 1.94. The van der Waals surface area contributed by atoms with E-state index in [0.29, 0.717) is 0 Å². The molecule has 0 amide bonds. The number of hydrogen-bond acceptors (Lipinski definition) is 2. The molecular formula is C23H34O2. The zero-order valence-corrected chi connectivity index (χ0v) is 16.0. The number of allylic oxidation sites excluding steroid dienone is 1. The van der Waals surface area contributed by atoms with E-state index in [-0.39, 0.29) is 5.97 Å². The van der Waals surface area contributed by atoms with Crippen LogP contribution in [0.4, 0.5) is 0 Å². The van der Waals surface area contributed by atoms with E-state index in [9.17, 15) is 4.79 Å². The zero-order chi connectivity index (χ0) is 18.2. The van der Waals surface area contributed by atoms with Crippen molar-refractivity contribution in [1.82, 2.24) is 0 Å². The highest BCUT2D eigenvalue weighted by atomic mass is 16.5. The van der Waals surface area contributed by atoms with Crippen LogP contribution >= 0.6 is 0 Å². The Morgan fingerprint density at radius 2 is 1.52 bits per heavy atom. The van der Waals surface area contributed by atoms with Gasteiger partial charge in [0, 0.05) is 6.08 Å². The minimum Gasteiger partial charge on any atom is -0.466 e. The normalized spacial score (nSPS) is 11.4. The molecule has 0 fully saturated rings. The number of benzene rings is 1. The maximum absolute atomic E-state index is 11.1. The number of esters is 1. The Morgan fingerprint density at radius 3 is 2.16 bits per heavy atom. The lowest BCUT2D eigenvalue weighted by Gasteiger charge is -2.01. The summed E-state index contributed by atoms with van der Waals surface area (Å²) < 4.78 is 4.61. The first-order chi connectivity index (χ1) is 12.3. The Balaban J connectivity index is 2.17.